The third-order valence-electron chi connectivity index (χ3n) is 6.03. The summed E-state index contributed by atoms with van der Waals surface area (Å²) in [6.45, 7) is 2.64. The van der Waals surface area contributed by atoms with Gasteiger partial charge in [-0.15, -0.1) is 0 Å². The van der Waals surface area contributed by atoms with Gasteiger partial charge in [-0.05, 0) is 49.3 Å². The van der Waals surface area contributed by atoms with Gasteiger partial charge in [0, 0.05) is 31.1 Å². The number of amides is 2. The van der Waals surface area contributed by atoms with E-state index in [-0.39, 0.29) is 11.8 Å². The van der Waals surface area contributed by atoms with Crippen LogP contribution in [0, 0.1) is 5.92 Å². The van der Waals surface area contributed by atoms with Crippen molar-refractivity contribution in [3.63, 3.8) is 0 Å². The molecule has 1 aliphatic heterocycles. The Kier molecular flexibility index (Phi) is 5.85. The first-order chi connectivity index (χ1) is 14.1. The van der Waals surface area contributed by atoms with E-state index in [9.17, 15) is 9.59 Å². The minimum absolute atomic E-state index is 0.0921. The molecule has 0 unspecified atom stereocenters. The van der Waals surface area contributed by atoms with Crippen LogP contribution < -0.4 is 5.32 Å². The van der Waals surface area contributed by atoms with E-state index in [0.717, 1.165) is 37.8 Å². The molecule has 1 aromatic heterocycles. The Morgan fingerprint density at radius 2 is 2.03 bits per heavy atom. The van der Waals surface area contributed by atoms with Crippen molar-refractivity contribution < 1.29 is 9.59 Å². The number of piperidine rings is 1. The lowest BCUT2D eigenvalue weighted by Crippen LogP contribution is -2.45. The molecule has 4 rings (SSSR count). The second kappa shape index (κ2) is 8.53. The summed E-state index contributed by atoms with van der Waals surface area (Å²) >= 11 is 5.97. The molecule has 1 N–H and O–H groups in total. The topological polar surface area (TPSA) is 80.1 Å². The smallest absolute Gasteiger partial charge is 0.230 e. The molecular formula is C21H26ClN5O2. The van der Waals surface area contributed by atoms with Crippen LogP contribution in [0.3, 0.4) is 0 Å². The van der Waals surface area contributed by atoms with Crippen LogP contribution in [0.4, 0.5) is 0 Å². The first kappa shape index (κ1) is 19.9. The second-order valence-electron chi connectivity index (χ2n) is 8.06. The molecule has 1 atom stereocenters. The number of carbonyl (C=O) groups is 2. The molecule has 2 aliphatic rings. The highest BCUT2D eigenvalue weighted by Crippen LogP contribution is 2.48. The highest BCUT2D eigenvalue weighted by atomic mass is 35.5. The minimum Gasteiger partial charge on any atom is -0.355 e. The Balaban J connectivity index is 1.26. The lowest BCUT2D eigenvalue weighted by atomic mass is 9.93. The van der Waals surface area contributed by atoms with Gasteiger partial charge in [0.05, 0.1) is 12.0 Å². The Hall–Kier alpha value is -2.41. The summed E-state index contributed by atoms with van der Waals surface area (Å²) < 4.78 is 1.67. The molecule has 1 saturated carbocycles. The van der Waals surface area contributed by atoms with E-state index in [1.807, 2.05) is 29.2 Å². The fourth-order valence-corrected chi connectivity index (χ4v) is 4.25. The van der Waals surface area contributed by atoms with Crippen molar-refractivity contribution in [1.29, 1.82) is 0 Å². The van der Waals surface area contributed by atoms with Gasteiger partial charge in [-0.1, -0.05) is 23.7 Å². The number of benzene rings is 1. The van der Waals surface area contributed by atoms with Crippen molar-refractivity contribution in [3.05, 3.63) is 47.5 Å². The number of aryl methyl sites for hydroxylation is 1. The Morgan fingerprint density at radius 1 is 1.24 bits per heavy atom. The van der Waals surface area contributed by atoms with Gasteiger partial charge in [-0.2, -0.15) is 5.10 Å². The van der Waals surface area contributed by atoms with Gasteiger partial charge in [0.2, 0.25) is 11.8 Å². The van der Waals surface area contributed by atoms with Crippen LogP contribution in [0.5, 0.6) is 0 Å². The van der Waals surface area contributed by atoms with Gasteiger partial charge in [0.1, 0.15) is 12.7 Å². The molecule has 0 radical (unpaired) electrons. The summed E-state index contributed by atoms with van der Waals surface area (Å²) in [5, 5.41) is 7.87. The van der Waals surface area contributed by atoms with E-state index < -0.39 is 5.41 Å². The summed E-state index contributed by atoms with van der Waals surface area (Å²) in [5.74, 6) is 0.523. The fourth-order valence-electron chi connectivity index (χ4n) is 4.12. The molecule has 0 spiro atoms. The number of halogens is 1. The van der Waals surface area contributed by atoms with Crippen molar-refractivity contribution >= 4 is 23.4 Å². The quantitative estimate of drug-likeness (QED) is 0.753. The standard InChI is InChI=1S/C21H26ClN5O2/c22-18-5-3-17(4-6-18)21(8-9-21)20(29)24-12-16-2-1-10-26(13-16)19(28)7-11-27-15-23-14-25-27/h3-6,14-16H,1-2,7-13H2,(H,24,29)/t16-/m1/s1. The minimum atomic E-state index is -0.396. The van der Waals surface area contributed by atoms with Crippen molar-refractivity contribution in [3.8, 4) is 0 Å². The maximum Gasteiger partial charge on any atom is 0.230 e. The van der Waals surface area contributed by atoms with Crippen LogP contribution in [0.25, 0.3) is 0 Å². The van der Waals surface area contributed by atoms with Crippen LogP contribution in [-0.2, 0) is 21.5 Å². The Bertz CT molecular complexity index is 848. The zero-order valence-corrected chi connectivity index (χ0v) is 17.1. The number of rotatable bonds is 7. The molecule has 154 valence electrons. The van der Waals surface area contributed by atoms with Crippen molar-refractivity contribution in [1.82, 2.24) is 25.0 Å². The zero-order valence-electron chi connectivity index (χ0n) is 16.4. The molecule has 1 aliphatic carbocycles. The number of carbonyl (C=O) groups excluding carboxylic acids is 2. The average Bonchev–Trinajstić information content (AvgIpc) is 3.39. The lowest BCUT2D eigenvalue weighted by molar-refractivity contribution is -0.133. The number of nitrogens with zero attached hydrogens (tertiary/aromatic N) is 4. The molecule has 2 fully saturated rings. The largest absolute Gasteiger partial charge is 0.355 e. The highest BCUT2D eigenvalue weighted by Gasteiger charge is 2.51. The second-order valence-corrected chi connectivity index (χ2v) is 8.49. The zero-order chi connectivity index (χ0) is 20.3. The van der Waals surface area contributed by atoms with Crippen LogP contribution in [0.15, 0.2) is 36.9 Å². The Morgan fingerprint density at radius 3 is 2.72 bits per heavy atom. The molecule has 7 nitrogen and oxygen atoms in total. The van der Waals surface area contributed by atoms with Gasteiger partial charge in [0.25, 0.3) is 0 Å². The molecule has 2 heterocycles. The highest BCUT2D eigenvalue weighted by molar-refractivity contribution is 6.30. The van der Waals surface area contributed by atoms with Gasteiger partial charge in [-0.25, -0.2) is 4.98 Å². The summed E-state index contributed by atoms with van der Waals surface area (Å²) in [4.78, 5) is 31.2. The first-order valence-electron chi connectivity index (χ1n) is 10.2. The third-order valence-corrected chi connectivity index (χ3v) is 6.28. The SMILES string of the molecule is O=C(CCn1cncn1)N1CCC[C@H](CNC(=O)C2(c3ccc(Cl)cc3)CC2)C1. The van der Waals surface area contributed by atoms with E-state index in [1.165, 1.54) is 6.33 Å². The van der Waals surface area contributed by atoms with Gasteiger partial charge < -0.3 is 10.2 Å². The van der Waals surface area contributed by atoms with Crippen LogP contribution in [-0.4, -0.2) is 51.1 Å². The number of hydrogen-bond donors (Lipinski definition) is 1. The van der Waals surface area contributed by atoms with Crippen molar-refractivity contribution in [2.24, 2.45) is 5.92 Å². The molecule has 29 heavy (non-hydrogen) atoms. The molecule has 2 amide bonds. The average molecular weight is 416 g/mol. The van der Waals surface area contributed by atoms with Gasteiger partial charge >= 0.3 is 0 Å². The number of hydrogen-bond acceptors (Lipinski definition) is 4. The summed E-state index contributed by atoms with van der Waals surface area (Å²) in [7, 11) is 0. The maximum atomic E-state index is 12.9. The number of nitrogens with one attached hydrogen (secondary N) is 1. The number of aromatic nitrogens is 3. The van der Waals surface area contributed by atoms with Crippen molar-refractivity contribution in [2.75, 3.05) is 19.6 Å². The van der Waals surface area contributed by atoms with Crippen LogP contribution in [0.1, 0.15) is 37.7 Å². The van der Waals surface area contributed by atoms with E-state index in [2.05, 4.69) is 15.4 Å². The summed E-state index contributed by atoms with van der Waals surface area (Å²) in [6.07, 6.45) is 7.26. The van der Waals surface area contributed by atoms with Crippen LogP contribution in [0.2, 0.25) is 5.02 Å². The molecule has 8 heteroatoms. The molecule has 0 bridgehead atoms. The summed E-state index contributed by atoms with van der Waals surface area (Å²) in [6, 6.07) is 7.58. The normalized spacial score (nSPS) is 20.3. The monoisotopic (exact) mass is 415 g/mol. The Labute approximate surface area is 175 Å². The van der Waals surface area contributed by atoms with E-state index in [0.29, 0.717) is 37.0 Å². The van der Waals surface area contributed by atoms with Gasteiger partial charge in [-0.3, -0.25) is 14.3 Å². The van der Waals surface area contributed by atoms with E-state index in [1.54, 1.807) is 11.0 Å². The molecule has 1 saturated heterocycles. The maximum absolute atomic E-state index is 12.9. The predicted octanol–water partition coefficient (Wildman–Crippen LogP) is 2.41. The van der Waals surface area contributed by atoms with Gasteiger partial charge in [0.15, 0.2) is 0 Å². The van der Waals surface area contributed by atoms with E-state index in [4.69, 9.17) is 11.6 Å². The summed E-state index contributed by atoms with van der Waals surface area (Å²) in [5.41, 5.74) is 0.639. The molecular weight excluding hydrogens is 390 g/mol. The predicted molar refractivity (Wildman–Crippen MR) is 109 cm³/mol. The van der Waals surface area contributed by atoms with Crippen LogP contribution >= 0.6 is 11.6 Å². The molecule has 2 aromatic rings. The third kappa shape index (κ3) is 4.61. The molecule has 1 aromatic carbocycles. The van der Waals surface area contributed by atoms with Crippen molar-refractivity contribution in [2.45, 2.75) is 44.1 Å². The lowest BCUT2D eigenvalue weighted by Gasteiger charge is -2.33. The first-order valence-corrected chi connectivity index (χ1v) is 10.6. The van der Waals surface area contributed by atoms with E-state index >= 15 is 0 Å². The fraction of sp³-hybridized carbons (Fsp3) is 0.524. The number of likely N-dealkylation sites (tertiary alicyclic amines) is 1.